The van der Waals surface area contributed by atoms with Gasteiger partial charge in [-0.15, -0.1) is 0 Å². The number of esters is 1. The van der Waals surface area contributed by atoms with Crippen LogP contribution in [0.4, 0.5) is 10.1 Å². The molecule has 1 heterocycles. The molecule has 1 amide bonds. The van der Waals surface area contributed by atoms with E-state index in [1.807, 2.05) is 0 Å². The minimum absolute atomic E-state index is 0.0981. The van der Waals surface area contributed by atoms with Crippen LogP contribution in [-0.2, 0) is 9.53 Å². The molecule has 2 rings (SSSR count). The zero-order valence-electron chi connectivity index (χ0n) is 10.6. The minimum atomic E-state index is -0.817. The first-order chi connectivity index (χ1) is 9.49. The highest BCUT2D eigenvalue weighted by Crippen LogP contribution is 2.24. The number of hydrogen-bond donors (Lipinski definition) is 2. The average Bonchev–Trinajstić information content (AvgIpc) is 2.59. The van der Waals surface area contributed by atoms with E-state index in [0.717, 1.165) is 18.9 Å². The molecule has 1 fully saturated rings. The highest BCUT2D eigenvalue weighted by atomic mass is 79.9. The fourth-order valence-corrected chi connectivity index (χ4v) is 2.42. The van der Waals surface area contributed by atoms with Gasteiger partial charge in [-0.2, -0.15) is 0 Å². The van der Waals surface area contributed by atoms with Gasteiger partial charge in [0.2, 0.25) is 0 Å². The van der Waals surface area contributed by atoms with E-state index in [0.29, 0.717) is 13.0 Å². The van der Waals surface area contributed by atoms with E-state index < -0.39 is 17.9 Å². The Balaban J connectivity index is 2.15. The van der Waals surface area contributed by atoms with Crippen LogP contribution in [0.1, 0.15) is 29.6 Å². The number of ether oxygens (including phenoxy) is 1. The topological polar surface area (TPSA) is 81.4 Å². The number of rotatable bonds is 2. The Bertz CT molecular complexity index is 551. The summed E-state index contributed by atoms with van der Waals surface area (Å²) in [6.45, 7) is 0.583. The molecule has 0 aliphatic carbocycles. The summed E-state index contributed by atoms with van der Waals surface area (Å²) in [6.07, 6.45) is 1.31. The van der Waals surface area contributed by atoms with E-state index in [1.54, 1.807) is 0 Å². The van der Waals surface area contributed by atoms with Gasteiger partial charge in [-0.3, -0.25) is 4.79 Å². The Morgan fingerprint density at radius 1 is 1.45 bits per heavy atom. The Labute approximate surface area is 123 Å². The molecule has 7 heteroatoms. The van der Waals surface area contributed by atoms with Crippen LogP contribution in [-0.4, -0.2) is 24.5 Å². The molecule has 1 aliphatic rings. The normalized spacial score (nSPS) is 19.1. The molecule has 1 atom stereocenters. The molecular formula is C13H14BrFN2O3. The SMILES string of the molecule is Nc1cc(C(=O)OC2CCCCNC2=O)c(Br)cc1F. The predicted octanol–water partition coefficient (Wildman–Crippen LogP) is 2.00. The third kappa shape index (κ3) is 3.27. The number of hydrogen-bond acceptors (Lipinski definition) is 4. The number of amides is 1. The quantitative estimate of drug-likeness (QED) is 0.635. The van der Waals surface area contributed by atoms with E-state index in [1.165, 1.54) is 6.07 Å². The fourth-order valence-electron chi connectivity index (χ4n) is 1.94. The van der Waals surface area contributed by atoms with Crippen molar-refractivity contribution < 1.29 is 18.7 Å². The van der Waals surface area contributed by atoms with Crippen molar-refractivity contribution >= 4 is 33.5 Å². The molecule has 5 nitrogen and oxygen atoms in total. The summed E-state index contributed by atoms with van der Waals surface area (Å²) in [5.74, 6) is -1.63. The highest BCUT2D eigenvalue weighted by molar-refractivity contribution is 9.10. The highest BCUT2D eigenvalue weighted by Gasteiger charge is 2.26. The molecule has 0 aromatic heterocycles. The molecule has 0 radical (unpaired) electrons. The largest absolute Gasteiger partial charge is 0.449 e. The summed E-state index contributed by atoms with van der Waals surface area (Å²) in [5, 5.41) is 2.67. The number of carbonyl (C=O) groups is 2. The van der Waals surface area contributed by atoms with Crippen molar-refractivity contribution in [2.75, 3.05) is 12.3 Å². The van der Waals surface area contributed by atoms with Crippen LogP contribution < -0.4 is 11.1 Å². The lowest BCUT2D eigenvalue weighted by Crippen LogP contribution is -2.36. The van der Waals surface area contributed by atoms with Crippen LogP contribution in [0.15, 0.2) is 16.6 Å². The monoisotopic (exact) mass is 344 g/mol. The lowest BCUT2D eigenvalue weighted by molar-refractivity contribution is -0.129. The molecule has 1 saturated heterocycles. The Hall–Kier alpha value is -1.63. The third-order valence-electron chi connectivity index (χ3n) is 3.04. The van der Waals surface area contributed by atoms with Crippen molar-refractivity contribution in [3.8, 4) is 0 Å². The van der Waals surface area contributed by atoms with Gasteiger partial charge >= 0.3 is 5.97 Å². The summed E-state index contributed by atoms with van der Waals surface area (Å²) in [4.78, 5) is 23.7. The lowest BCUT2D eigenvalue weighted by Gasteiger charge is -2.15. The van der Waals surface area contributed by atoms with Crippen LogP contribution >= 0.6 is 15.9 Å². The van der Waals surface area contributed by atoms with Crippen LogP contribution in [0.25, 0.3) is 0 Å². The van der Waals surface area contributed by atoms with E-state index in [9.17, 15) is 14.0 Å². The first-order valence-corrected chi connectivity index (χ1v) is 7.01. The van der Waals surface area contributed by atoms with E-state index >= 15 is 0 Å². The van der Waals surface area contributed by atoms with Crippen molar-refractivity contribution in [1.82, 2.24) is 5.32 Å². The van der Waals surface area contributed by atoms with E-state index in [4.69, 9.17) is 10.5 Å². The summed E-state index contributed by atoms with van der Waals surface area (Å²) in [5.41, 5.74) is 5.38. The maximum Gasteiger partial charge on any atom is 0.340 e. The fraction of sp³-hybridized carbons (Fsp3) is 0.385. The summed E-state index contributed by atoms with van der Waals surface area (Å²) in [7, 11) is 0. The molecule has 3 N–H and O–H groups in total. The van der Waals surface area contributed by atoms with E-state index in [-0.39, 0.29) is 21.6 Å². The van der Waals surface area contributed by atoms with Crippen LogP contribution in [0.3, 0.4) is 0 Å². The van der Waals surface area contributed by atoms with Gasteiger partial charge in [0, 0.05) is 11.0 Å². The number of benzene rings is 1. The molecule has 20 heavy (non-hydrogen) atoms. The van der Waals surface area contributed by atoms with Gasteiger partial charge in [-0.1, -0.05) is 0 Å². The number of nitrogen functional groups attached to an aromatic ring is 1. The summed E-state index contributed by atoms with van der Waals surface area (Å²) in [6, 6.07) is 2.29. The van der Waals surface area contributed by atoms with E-state index in [2.05, 4.69) is 21.2 Å². The Kier molecular flexibility index (Phi) is 4.59. The second-order valence-corrected chi connectivity index (χ2v) is 5.39. The molecule has 1 unspecified atom stereocenters. The lowest BCUT2D eigenvalue weighted by atomic mass is 10.1. The average molecular weight is 345 g/mol. The van der Waals surface area contributed by atoms with Gasteiger partial charge < -0.3 is 15.8 Å². The number of nitrogens with one attached hydrogen (secondary N) is 1. The van der Waals surface area contributed by atoms with Gasteiger partial charge in [0.15, 0.2) is 6.10 Å². The van der Waals surface area contributed by atoms with Crippen molar-refractivity contribution in [1.29, 1.82) is 0 Å². The van der Waals surface area contributed by atoms with Crippen molar-refractivity contribution in [3.05, 3.63) is 28.0 Å². The standard InChI is InChI=1S/C13H14BrFN2O3/c14-8-6-9(15)10(16)5-7(8)13(19)20-11-3-1-2-4-17-12(11)18/h5-6,11H,1-4,16H2,(H,17,18). The molecule has 1 aliphatic heterocycles. The predicted molar refractivity (Wildman–Crippen MR) is 74.6 cm³/mol. The van der Waals surface area contributed by atoms with Gasteiger partial charge in [-0.25, -0.2) is 9.18 Å². The summed E-state index contributed by atoms with van der Waals surface area (Å²) < 4.78 is 18.7. The summed E-state index contributed by atoms with van der Waals surface area (Å²) >= 11 is 3.08. The second-order valence-electron chi connectivity index (χ2n) is 4.53. The first-order valence-electron chi connectivity index (χ1n) is 6.22. The smallest absolute Gasteiger partial charge is 0.340 e. The Morgan fingerprint density at radius 3 is 2.95 bits per heavy atom. The number of carbonyl (C=O) groups excluding carboxylic acids is 2. The van der Waals surface area contributed by atoms with Crippen molar-refractivity contribution in [2.24, 2.45) is 0 Å². The number of halogens is 2. The molecule has 1 aromatic carbocycles. The molecule has 0 bridgehead atoms. The molecule has 0 saturated carbocycles. The van der Waals surface area contributed by atoms with Crippen molar-refractivity contribution in [3.63, 3.8) is 0 Å². The van der Waals surface area contributed by atoms with Gasteiger partial charge in [-0.05, 0) is 47.3 Å². The van der Waals surface area contributed by atoms with Crippen LogP contribution in [0.5, 0.6) is 0 Å². The van der Waals surface area contributed by atoms with Gasteiger partial charge in [0.25, 0.3) is 5.91 Å². The van der Waals surface area contributed by atoms with Gasteiger partial charge in [0.1, 0.15) is 5.82 Å². The molecule has 108 valence electrons. The zero-order valence-corrected chi connectivity index (χ0v) is 12.2. The van der Waals surface area contributed by atoms with Gasteiger partial charge in [0.05, 0.1) is 11.3 Å². The molecule has 1 aromatic rings. The van der Waals surface area contributed by atoms with Crippen LogP contribution in [0.2, 0.25) is 0 Å². The Morgan fingerprint density at radius 2 is 2.20 bits per heavy atom. The molecular weight excluding hydrogens is 331 g/mol. The second kappa shape index (κ2) is 6.21. The zero-order chi connectivity index (χ0) is 14.7. The van der Waals surface area contributed by atoms with Crippen molar-refractivity contribution in [2.45, 2.75) is 25.4 Å². The van der Waals surface area contributed by atoms with Crippen LogP contribution in [0, 0.1) is 5.82 Å². The number of nitrogens with two attached hydrogens (primary N) is 1. The molecule has 0 spiro atoms. The third-order valence-corrected chi connectivity index (χ3v) is 3.70. The number of anilines is 1. The minimum Gasteiger partial charge on any atom is -0.449 e. The maximum atomic E-state index is 13.2. The first kappa shape index (κ1) is 14.8. The maximum absolute atomic E-state index is 13.2.